The minimum absolute atomic E-state index is 0.407. The molecule has 1 aromatic rings. The molecule has 1 unspecified atom stereocenters. The molecule has 0 saturated carbocycles. The molecule has 1 N–H and O–H groups in total. The number of hydrogen-bond donors (Lipinski definition) is 1. The molecule has 2 nitrogen and oxygen atoms in total. The van der Waals surface area contributed by atoms with Gasteiger partial charge < -0.3 is 5.11 Å². The van der Waals surface area contributed by atoms with Gasteiger partial charge in [0.2, 0.25) is 6.29 Å². The molecule has 10 heavy (non-hydrogen) atoms. The van der Waals surface area contributed by atoms with Crippen LogP contribution in [0, 0.1) is 0 Å². The standard InChI is InChI=1S/C7H7FO2/c8-10-7(9)6-4-2-1-3-5-6/h1-5,7,9H. The third-order valence-electron chi connectivity index (χ3n) is 1.17. The summed E-state index contributed by atoms with van der Waals surface area (Å²) < 4.78 is 11.3. The summed E-state index contributed by atoms with van der Waals surface area (Å²) in [6.45, 7) is 0. The van der Waals surface area contributed by atoms with Crippen LogP contribution >= 0.6 is 0 Å². The van der Waals surface area contributed by atoms with E-state index in [0.717, 1.165) is 0 Å². The molecule has 0 radical (unpaired) electrons. The van der Waals surface area contributed by atoms with Crippen molar-refractivity contribution in [2.75, 3.05) is 0 Å². The predicted molar refractivity (Wildman–Crippen MR) is 33.6 cm³/mol. The van der Waals surface area contributed by atoms with Crippen LogP contribution in [0.25, 0.3) is 0 Å². The Bertz CT molecular complexity index is 188. The van der Waals surface area contributed by atoms with Crippen LogP contribution in [-0.2, 0) is 4.94 Å². The highest BCUT2D eigenvalue weighted by atomic mass is 19.3. The molecule has 0 amide bonds. The number of aliphatic hydroxyl groups excluding tert-OH is 1. The second kappa shape index (κ2) is 3.29. The first kappa shape index (κ1) is 7.18. The summed E-state index contributed by atoms with van der Waals surface area (Å²) in [5.41, 5.74) is 0.407. The van der Waals surface area contributed by atoms with Crippen molar-refractivity contribution in [1.29, 1.82) is 0 Å². The summed E-state index contributed by atoms with van der Waals surface area (Å²) in [5.74, 6) is 0. The Labute approximate surface area is 57.8 Å². The van der Waals surface area contributed by atoms with Gasteiger partial charge in [-0.1, -0.05) is 30.3 Å². The molecular formula is C7H7FO2. The van der Waals surface area contributed by atoms with Crippen LogP contribution in [0.1, 0.15) is 11.9 Å². The largest absolute Gasteiger partial charge is 0.362 e. The van der Waals surface area contributed by atoms with Gasteiger partial charge in [0.05, 0.1) is 0 Å². The van der Waals surface area contributed by atoms with Gasteiger partial charge in [-0.2, -0.15) is 4.94 Å². The Balaban J connectivity index is 2.75. The van der Waals surface area contributed by atoms with E-state index in [1.54, 1.807) is 30.3 Å². The van der Waals surface area contributed by atoms with Gasteiger partial charge in [-0.25, -0.2) is 0 Å². The molecular weight excluding hydrogens is 135 g/mol. The van der Waals surface area contributed by atoms with E-state index < -0.39 is 6.29 Å². The maximum atomic E-state index is 11.3. The molecule has 0 bridgehead atoms. The molecule has 3 heteroatoms. The minimum atomic E-state index is -1.46. The van der Waals surface area contributed by atoms with Crippen LogP contribution in [-0.4, -0.2) is 5.11 Å². The number of halogens is 1. The summed E-state index contributed by atoms with van der Waals surface area (Å²) in [6.07, 6.45) is -1.46. The molecule has 0 spiro atoms. The topological polar surface area (TPSA) is 29.5 Å². The Morgan fingerprint density at radius 1 is 1.30 bits per heavy atom. The van der Waals surface area contributed by atoms with Gasteiger partial charge in [0.1, 0.15) is 0 Å². The third kappa shape index (κ3) is 1.52. The summed E-state index contributed by atoms with van der Waals surface area (Å²) in [4.78, 5) is 3.19. The monoisotopic (exact) mass is 142 g/mol. The lowest BCUT2D eigenvalue weighted by Crippen LogP contribution is -1.95. The molecule has 0 aliphatic rings. The second-order valence-corrected chi connectivity index (χ2v) is 1.85. The number of hydrogen-bond acceptors (Lipinski definition) is 2. The summed E-state index contributed by atoms with van der Waals surface area (Å²) >= 11 is 0. The second-order valence-electron chi connectivity index (χ2n) is 1.85. The van der Waals surface area contributed by atoms with Crippen LogP contribution in [0.4, 0.5) is 4.53 Å². The van der Waals surface area contributed by atoms with Gasteiger partial charge in [0.15, 0.2) is 0 Å². The highest BCUT2D eigenvalue weighted by molar-refractivity contribution is 5.15. The van der Waals surface area contributed by atoms with Crippen LogP contribution in [0.2, 0.25) is 0 Å². The fourth-order valence-corrected chi connectivity index (χ4v) is 0.669. The fraction of sp³-hybridized carbons (Fsp3) is 0.143. The Kier molecular flexibility index (Phi) is 2.36. The first-order valence-corrected chi connectivity index (χ1v) is 2.85. The third-order valence-corrected chi connectivity index (χ3v) is 1.17. The number of benzene rings is 1. The lowest BCUT2D eigenvalue weighted by molar-refractivity contribution is -0.260. The zero-order valence-electron chi connectivity index (χ0n) is 5.20. The van der Waals surface area contributed by atoms with Crippen LogP contribution in [0.15, 0.2) is 30.3 Å². The van der Waals surface area contributed by atoms with E-state index in [4.69, 9.17) is 5.11 Å². The maximum absolute atomic E-state index is 11.3. The molecule has 1 aromatic carbocycles. The Hall–Kier alpha value is -0.930. The molecule has 0 aliphatic carbocycles. The van der Waals surface area contributed by atoms with E-state index >= 15 is 0 Å². The summed E-state index contributed by atoms with van der Waals surface area (Å²) in [6, 6.07) is 8.30. The van der Waals surface area contributed by atoms with Crippen LogP contribution in [0.3, 0.4) is 0 Å². The van der Waals surface area contributed by atoms with Crippen molar-refractivity contribution in [2.24, 2.45) is 0 Å². The highest BCUT2D eigenvalue weighted by Crippen LogP contribution is 2.12. The van der Waals surface area contributed by atoms with Gasteiger partial charge in [-0.15, -0.1) is 0 Å². The van der Waals surface area contributed by atoms with Gasteiger partial charge in [-0.3, -0.25) is 0 Å². The summed E-state index contributed by atoms with van der Waals surface area (Å²) in [7, 11) is 0. The number of rotatable bonds is 2. The minimum Gasteiger partial charge on any atom is -0.362 e. The van der Waals surface area contributed by atoms with Crippen molar-refractivity contribution in [3.05, 3.63) is 35.9 Å². The van der Waals surface area contributed by atoms with Gasteiger partial charge in [0.25, 0.3) is 0 Å². The first-order chi connectivity index (χ1) is 4.84. The maximum Gasteiger partial charge on any atom is 0.220 e. The van der Waals surface area contributed by atoms with Crippen molar-refractivity contribution in [3.63, 3.8) is 0 Å². The Morgan fingerprint density at radius 2 is 1.90 bits per heavy atom. The van der Waals surface area contributed by atoms with Crippen molar-refractivity contribution >= 4 is 0 Å². The molecule has 0 aliphatic heterocycles. The Morgan fingerprint density at radius 3 is 2.40 bits per heavy atom. The molecule has 1 atom stereocenters. The van der Waals surface area contributed by atoms with Crippen LogP contribution in [0.5, 0.6) is 0 Å². The van der Waals surface area contributed by atoms with Crippen molar-refractivity contribution < 1.29 is 14.6 Å². The van der Waals surface area contributed by atoms with E-state index in [1.165, 1.54) is 0 Å². The smallest absolute Gasteiger partial charge is 0.220 e. The first-order valence-electron chi connectivity index (χ1n) is 2.85. The lowest BCUT2D eigenvalue weighted by atomic mass is 10.2. The SMILES string of the molecule is OC(OF)c1ccccc1. The highest BCUT2D eigenvalue weighted by Gasteiger charge is 2.04. The number of aliphatic hydroxyl groups is 1. The van der Waals surface area contributed by atoms with E-state index in [2.05, 4.69) is 4.94 Å². The molecule has 0 fully saturated rings. The molecule has 0 heterocycles. The average Bonchev–Trinajstić information content (AvgIpc) is 2.05. The summed E-state index contributed by atoms with van der Waals surface area (Å²) in [5, 5.41) is 8.73. The zero-order valence-corrected chi connectivity index (χ0v) is 5.20. The van der Waals surface area contributed by atoms with Crippen LogP contribution < -0.4 is 0 Å². The van der Waals surface area contributed by atoms with Crippen molar-refractivity contribution in [3.8, 4) is 0 Å². The van der Waals surface area contributed by atoms with E-state index in [0.29, 0.717) is 5.56 Å². The van der Waals surface area contributed by atoms with Crippen molar-refractivity contribution in [1.82, 2.24) is 0 Å². The van der Waals surface area contributed by atoms with E-state index in [-0.39, 0.29) is 0 Å². The van der Waals surface area contributed by atoms with E-state index in [1.807, 2.05) is 0 Å². The quantitative estimate of drug-likeness (QED) is 0.635. The fourth-order valence-electron chi connectivity index (χ4n) is 0.669. The molecule has 1 rings (SSSR count). The van der Waals surface area contributed by atoms with Crippen molar-refractivity contribution in [2.45, 2.75) is 6.29 Å². The van der Waals surface area contributed by atoms with Gasteiger partial charge in [0, 0.05) is 5.56 Å². The van der Waals surface area contributed by atoms with E-state index in [9.17, 15) is 4.53 Å². The molecule has 0 saturated heterocycles. The molecule has 0 aromatic heterocycles. The normalized spacial score (nSPS) is 13.0. The molecule has 54 valence electrons. The zero-order chi connectivity index (χ0) is 7.40. The predicted octanol–water partition coefficient (Wildman–Crippen LogP) is 1.58. The van der Waals surface area contributed by atoms with Gasteiger partial charge >= 0.3 is 0 Å². The lowest BCUT2D eigenvalue weighted by Gasteiger charge is -2.02. The van der Waals surface area contributed by atoms with Gasteiger partial charge in [-0.05, 0) is 4.53 Å². The average molecular weight is 142 g/mol.